The van der Waals surface area contributed by atoms with Crippen molar-refractivity contribution in [2.24, 2.45) is 0 Å². The molecule has 0 fully saturated rings. The molecule has 16 heavy (non-hydrogen) atoms. The first-order valence-corrected chi connectivity index (χ1v) is 7.37. The molecule has 0 saturated carbocycles. The lowest BCUT2D eigenvalue weighted by atomic mass is 9.87. The Bertz CT molecular complexity index is 455. The molecule has 0 saturated heterocycles. The van der Waals surface area contributed by atoms with Crippen LogP contribution in [0, 0.1) is 0 Å². The first-order chi connectivity index (χ1) is 7.24. The zero-order chi connectivity index (χ0) is 12.4. The zero-order valence-electron chi connectivity index (χ0n) is 10.5. The van der Waals surface area contributed by atoms with Gasteiger partial charge in [-0.1, -0.05) is 39.8 Å². The molecular weight excluding hydrogens is 218 g/mol. The van der Waals surface area contributed by atoms with Crippen LogP contribution in [-0.4, -0.2) is 15.8 Å². The quantitative estimate of drug-likeness (QED) is 0.807. The molecule has 0 aliphatic carbocycles. The Hall–Kier alpha value is -0.960. The van der Waals surface area contributed by atoms with Crippen molar-refractivity contribution in [3.05, 3.63) is 29.8 Å². The highest BCUT2D eigenvalue weighted by Gasteiger charge is 2.13. The lowest BCUT2D eigenvalue weighted by Crippen LogP contribution is -2.16. The van der Waals surface area contributed by atoms with Crippen LogP contribution >= 0.6 is 0 Å². The van der Waals surface area contributed by atoms with Crippen LogP contribution in [0.4, 0.5) is 5.69 Å². The average Bonchev–Trinajstić information content (AvgIpc) is 2.16. The summed E-state index contributed by atoms with van der Waals surface area (Å²) >= 11 is 0. The van der Waals surface area contributed by atoms with E-state index in [1.165, 1.54) is 5.56 Å². The minimum Gasteiger partial charge on any atom is -0.313 e. The Balaban J connectivity index is 3.01. The van der Waals surface area contributed by atoms with Crippen molar-refractivity contribution in [2.75, 3.05) is 10.5 Å². The van der Waals surface area contributed by atoms with Crippen LogP contribution in [0.25, 0.3) is 0 Å². The Kier molecular flexibility index (Phi) is 3.68. The molecule has 0 spiro atoms. The van der Waals surface area contributed by atoms with Crippen LogP contribution in [0.1, 0.15) is 33.3 Å². The van der Waals surface area contributed by atoms with E-state index in [1.807, 2.05) is 25.1 Å². The highest BCUT2D eigenvalue weighted by atomic mass is 32.2. The number of hydrogen-bond donors (Lipinski definition) is 1. The molecule has 1 aromatic carbocycles. The normalized spacial score (nSPS) is 15.5. The van der Waals surface area contributed by atoms with Gasteiger partial charge in [0.05, 0.1) is 0 Å². The summed E-state index contributed by atoms with van der Waals surface area (Å²) in [4.78, 5) is 0. The Morgan fingerprint density at radius 3 is 2.50 bits per heavy atom. The molecule has 1 aromatic rings. The van der Waals surface area contributed by atoms with E-state index in [9.17, 15) is 4.21 Å². The fourth-order valence-electron chi connectivity index (χ4n) is 1.34. The summed E-state index contributed by atoms with van der Waals surface area (Å²) in [6, 6.07) is 8.03. The molecule has 1 atom stereocenters. The number of anilines is 1. The SMILES string of the molecule is C=S(=O)(CC)Nc1cccc(C(C)(C)C)c1. The number of rotatable bonds is 3. The highest BCUT2D eigenvalue weighted by Crippen LogP contribution is 2.24. The molecule has 2 nitrogen and oxygen atoms in total. The van der Waals surface area contributed by atoms with Gasteiger partial charge in [0.15, 0.2) is 0 Å². The fourth-order valence-corrected chi connectivity index (χ4v) is 2.04. The third-order valence-corrected chi connectivity index (χ3v) is 4.04. The second-order valence-corrected chi connectivity index (χ2v) is 7.44. The van der Waals surface area contributed by atoms with Gasteiger partial charge in [-0.25, -0.2) is 4.21 Å². The molecule has 0 amide bonds. The van der Waals surface area contributed by atoms with E-state index in [4.69, 9.17) is 0 Å². The molecule has 1 N–H and O–H groups in total. The van der Waals surface area contributed by atoms with Crippen molar-refractivity contribution < 1.29 is 4.21 Å². The van der Waals surface area contributed by atoms with E-state index >= 15 is 0 Å². The summed E-state index contributed by atoms with van der Waals surface area (Å²) in [5.41, 5.74) is 2.21. The van der Waals surface area contributed by atoms with Crippen LogP contribution in [0.5, 0.6) is 0 Å². The van der Waals surface area contributed by atoms with Gasteiger partial charge in [-0.05, 0) is 29.0 Å². The summed E-state index contributed by atoms with van der Waals surface area (Å²) in [7, 11) is -2.18. The molecule has 0 bridgehead atoms. The standard InChI is InChI=1S/C13H21NOS/c1-6-16(5,15)14-12-9-7-8-11(10-12)13(2,3)4/h7-10H,5-6H2,1-4H3,(H,14,15). The summed E-state index contributed by atoms with van der Waals surface area (Å²) in [6.07, 6.45) is 0. The molecular formula is C13H21NOS. The number of hydrogen-bond acceptors (Lipinski definition) is 1. The van der Waals surface area contributed by atoms with E-state index < -0.39 is 9.71 Å². The summed E-state index contributed by atoms with van der Waals surface area (Å²) in [6.45, 7) is 8.35. The molecule has 1 rings (SSSR count). The van der Waals surface area contributed by atoms with Crippen molar-refractivity contribution in [1.29, 1.82) is 0 Å². The lowest BCUT2D eigenvalue weighted by Gasteiger charge is -2.20. The predicted molar refractivity (Wildman–Crippen MR) is 74.6 cm³/mol. The lowest BCUT2D eigenvalue weighted by molar-refractivity contribution is 0.590. The first kappa shape index (κ1) is 13.1. The Morgan fingerprint density at radius 1 is 1.38 bits per heavy atom. The Morgan fingerprint density at radius 2 is 2.00 bits per heavy atom. The van der Waals surface area contributed by atoms with Crippen LogP contribution < -0.4 is 4.72 Å². The van der Waals surface area contributed by atoms with Gasteiger partial charge in [0.1, 0.15) is 0 Å². The maximum atomic E-state index is 11.9. The Labute approximate surface area is 99.2 Å². The summed E-state index contributed by atoms with van der Waals surface area (Å²) in [5, 5.41) is 0. The van der Waals surface area contributed by atoms with Gasteiger partial charge in [-0.3, -0.25) is 0 Å². The minimum atomic E-state index is -2.18. The molecule has 90 valence electrons. The van der Waals surface area contributed by atoms with Crippen LogP contribution in [0.15, 0.2) is 24.3 Å². The van der Waals surface area contributed by atoms with Gasteiger partial charge in [-0.15, -0.1) is 0 Å². The van der Waals surface area contributed by atoms with Crippen molar-refractivity contribution in [1.82, 2.24) is 0 Å². The van der Waals surface area contributed by atoms with E-state index in [2.05, 4.69) is 37.4 Å². The van der Waals surface area contributed by atoms with Crippen molar-refractivity contribution in [3.8, 4) is 0 Å². The van der Waals surface area contributed by atoms with E-state index in [0.717, 1.165) is 5.69 Å². The van der Waals surface area contributed by atoms with Crippen LogP contribution in [-0.2, 0) is 15.1 Å². The van der Waals surface area contributed by atoms with Crippen molar-refractivity contribution >= 4 is 21.3 Å². The van der Waals surface area contributed by atoms with Crippen LogP contribution in [0.3, 0.4) is 0 Å². The summed E-state index contributed by atoms with van der Waals surface area (Å²) < 4.78 is 14.9. The maximum Gasteiger partial charge on any atom is 0.0459 e. The third-order valence-electron chi connectivity index (χ3n) is 2.50. The molecule has 0 heterocycles. The first-order valence-electron chi connectivity index (χ1n) is 5.48. The van der Waals surface area contributed by atoms with Crippen molar-refractivity contribution in [2.45, 2.75) is 33.1 Å². The van der Waals surface area contributed by atoms with E-state index in [1.54, 1.807) is 0 Å². The maximum absolute atomic E-state index is 11.9. The predicted octanol–water partition coefficient (Wildman–Crippen LogP) is 3.05. The van der Waals surface area contributed by atoms with Gasteiger partial charge < -0.3 is 4.72 Å². The monoisotopic (exact) mass is 239 g/mol. The molecule has 3 heteroatoms. The summed E-state index contributed by atoms with van der Waals surface area (Å²) in [5.74, 6) is 4.23. The average molecular weight is 239 g/mol. The molecule has 0 radical (unpaired) electrons. The van der Waals surface area contributed by atoms with E-state index in [-0.39, 0.29) is 5.41 Å². The van der Waals surface area contributed by atoms with Gasteiger partial charge >= 0.3 is 0 Å². The number of benzene rings is 1. The van der Waals surface area contributed by atoms with Gasteiger partial charge in [-0.2, -0.15) is 0 Å². The van der Waals surface area contributed by atoms with Gasteiger partial charge in [0.2, 0.25) is 0 Å². The smallest absolute Gasteiger partial charge is 0.0459 e. The zero-order valence-corrected chi connectivity index (χ0v) is 11.4. The molecule has 0 aromatic heterocycles. The fraction of sp³-hybridized carbons (Fsp3) is 0.462. The second kappa shape index (κ2) is 4.50. The molecule has 0 aliphatic rings. The molecule has 1 unspecified atom stereocenters. The highest BCUT2D eigenvalue weighted by molar-refractivity contribution is 8.01. The van der Waals surface area contributed by atoms with Crippen LogP contribution in [0.2, 0.25) is 0 Å². The largest absolute Gasteiger partial charge is 0.313 e. The van der Waals surface area contributed by atoms with Gasteiger partial charge in [0, 0.05) is 21.1 Å². The third kappa shape index (κ3) is 3.56. The topological polar surface area (TPSA) is 29.1 Å². The number of nitrogens with one attached hydrogen (secondary N) is 1. The minimum absolute atomic E-state index is 0.103. The second-order valence-electron chi connectivity index (χ2n) is 5.03. The molecule has 0 aliphatic heterocycles. The van der Waals surface area contributed by atoms with E-state index in [0.29, 0.717) is 5.75 Å². The van der Waals surface area contributed by atoms with Gasteiger partial charge in [0.25, 0.3) is 0 Å². The van der Waals surface area contributed by atoms with Crippen molar-refractivity contribution in [3.63, 3.8) is 0 Å².